The lowest BCUT2D eigenvalue weighted by Crippen LogP contribution is -2.09. The highest BCUT2D eigenvalue weighted by molar-refractivity contribution is 6.24. The van der Waals surface area contributed by atoms with E-state index in [0.717, 1.165) is 22.3 Å². The van der Waals surface area contributed by atoms with Gasteiger partial charge in [0.1, 0.15) is 5.76 Å². The second-order valence-corrected chi connectivity index (χ2v) is 8.12. The van der Waals surface area contributed by atoms with Crippen molar-refractivity contribution in [2.75, 3.05) is 0 Å². The normalized spacial score (nSPS) is 12.2. The average molecular weight is 431 g/mol. The molecule has 0 spiro atoms. The van der Waals surface area contributed by atoms with E-state index in [4.69, 9.17) is 0 Å². The molecule has 0 atom stereocenters. The Morgan fingerprint density at radius 2 is 1.09 bits per heavy atom. The van der Waals surface area contributed by atoms with Gasteiger partial charge in [-0.2, -0.15) is 0 Å². The predicted molar refractivity (Wildman–Crippen MR) is 137 cm³/mol. The van der Waals surface area contributed by atoms with Crippen LogP contribution >= 0.6 is 0 Å². The summed E-state index contributed by atoms with van der Waals surface area (Å²) in [7, 11) is 0. The molecule has 0 aliphatic rings. The Morgan fingerprint density at radius 3 is 1.64 bits per heavy atom. The van der Waals surface area contributed by atoms with Gasteiger partial charge in [-0.15, -0.1) is 0 Å². The summed E-state index contributed by atoms with van der Waals surface area (Å²) in [6.45, 7) is 3.98. The van der Waals surface area contributed by atoms with Crippen molar-refractivity contribution in [2.45, 2.75) is 13.8 Å². The molecule has 0 aromatic heterocycles. The number of hydrogen-bond donors (Lipinski definition) is 1. The van der Waals surface area contributed by atoms with E-state index < -0.39 is 0 Å². The summed E-state index contributed by atoms with van der Waals surface area (Å²) in [5.74, 6) is -0.259. The van der Waals surface area contributed by atoms with E-state index in [1.165, 1.54) is 0 Å². The molecule has 4 rings (SSSR count). The minimum absolute atomic E-state index is 0.0355. The van der Waals surface area contributed by atoms with E-state index in [9.17, 15) is 9.90 Å². The van der Waals surface area contributed by atoms with Crippen LogP contribution in [0.25, 0.3) is 17.4 Å². The van der Waals surface area contributed by atoms with Crippen LogP contribution in [0, 0.1) is 13.8 Å². The predicted octanol–water partition coefficient (Wildman–Crippen LogP) is 7.70. The number of aliphatic hydroxyl groups is 1. The molecule has 0 fully saturated rings. The van der Waals surface area contributed by atoms with Gasteiger partial charge in [-0.05, 0) is 36.6 Å². The van der Waals surface area contributed by atoms with Crippen molar-refractivity contribution in [1.82, 2.24) is 0 Å². The van der Waals surface area contributed by atoms with Crippen molar-refractivity contribution in [2.24, 2.45) is 0 Å². The van der Waals surface area contributed by atoms with Crippen molar-refractivity contribution < 1.29 is 9.90 Å². The van der Waals surface area contributed by atoms with Crippen molar-refractivity contribution >= 4 is 23.2 Å². The minimum atomic E-state index is -0.223. The first kappa shape index (κ1) is 22.0. The van der Waals surface area contributed by atoms with E-state index in [1.54, 1.807) is 0 Å². The van der Waals surface area contributed by atoms with Crippen LogP contribution in [-0.4, -0.2) is 10.9 Å². The summed E-state index contributed by atoms with van der Waals surface area (Å²) in [6, 6.07) is 34.6. The zero-order valence-electron chi connectivity index (χ0n) is 18.8. The number of benzene rings is 4. The smallest absolute Gasteiger partial charge is 0.197 e. The van der Waals surface area contributed by atoms with Crippen LogP contribution in [0.2, 0.25) is 0 Å². The molecular formula is C31H26O2. The number of hydrogen-bond acceptors (Lipinski definition) is 2. The van der Waals surface area contributed by atoms with Crippen LogP contribution in [0.3, 0.4) is 0 Å². The van der Waals surface area contributed by atoms with E-state index >= 15 is 0 Å². The Kier molecular flexibility index (Phi) is 6.66. The Labute approximate surface area is 195 Å². The number of aryl methyl sites for hydroxylation is 2. The van der Waals surface area contributed by atoms with Gasteiger partial charge in [0.25, 0.3) is 0 Å². The first-order valence-electron chi connectivity index (χ1n) is 11.0. The maximum Gasteiger partial charge on any atom is 0.197 e. The van der Waals surface area contributed by atoms with Gasteiger partial charge in [0.05, 0.1) is 5.57 Å². The molecular weight excluding hydrogens is 404 g/mol. The largest absolute Gasteiger partial charge is 0.507 e. The van der Waals surface area contributed by atoms with E-state index in [2.05, 4.69) is 0 Å². The number of aliphatic hydroxyl groups excluding tert-OH is 1. The quantitative estimate of drug-likeness (QED) is 0.112. The van der Waals surface area contributed by atoms with Crippen LogP contribution in [0.5, 0.6) is 0 Å². The SMILES string of the molecule is Cc1ccc(C(=O)C(/C(=C\c2ccccc2)c2ccccc2)=C(\O)c2ccc(C)cc2)cc1. The highest BCUT2D eigenvalue weighted by Gasteiger charge is 2.23. The summed E-state index contributed by atoms with van der Waals surface area (Å²) in [6.07, 6.45) is 1.96. The number of rotatable bonds is 6. The number of Topliss-reactive ketones (excluding diaryl/α,β-unsaturated/α-hetero) is 1. The van der Waals surface area contributed by atoms with Gasteiger partial charge in [-0.3, -0.25) is 4.79 Å². The van der Waals surface area contributed by atoms with Crippen molar-refractivity contribution in [3.8, 4) is 0 Å². The number of carbonyl (C=O) groups is 1. The lowest BCUT2D eigenvalue weighted by atomic mass is 9.87. The van der Waals surface area contributed by atoms with Crippen LogP contribution in [0.1, 0.15) is 38.2 Å². The summed E-state index contributed by atoms with van der Waals surface area (Å²) < 4.78 is 0. The van der Waals surface area contributed by atoms with E-state index in [0.29, 0.717) is 16.7 Å². The molecule has 0 saturated carbocycles. The molecule has 0 amide bonds. The molecule has 0 heterocycles. The third-order valence-electron chi connectivity index (χ3n) is 5.57. The monoisotopic (exact) mass is 430 g/mol. The molecule has 0 aliphatic carbocycles. The Morgan fingerprint density at radius 1 is 0.606 bits per heavy atom. The summed E-state index contributed by atoms with van der Waals surface area (Å²) in [5.41, 5.74) is 6.04. The summed E-state index contributed by atoms with van der Waals surface area (Å²) in [5, 5.41) is 11.5. The van der Waals surface area contributed by atoms with Gasteiger partial charge < -0.3 is 5.11 Å². The van der Waals surface area contributed by atoms with Crippen LogP contribution < -0.4 is 0 Å². The number of allylic oxidation sites excluding steroid dienone is 2. The Balaban J connectivity index is 1.99. The third-order valence-corrected chi connectivity index (χ3v) is 5.57. The molecule has 1 N–H and O–H groups in total. The lowest BCUT2D eigenvalue weighted by molar-refractivity contribution is 0.103. The molecule has 0 radical (unpaired) electrons. The number of carbonyl (C=O) groups excluding carboxylic acids is 1. The van der Waals surface area contributed by atoms with Gasteiger partial charge in [0, 0.05) is 11.1 Å². The number of ketones is 1. The molecule has 2 heteroatoms. The maximum absolute atomic E-state index is 13.9. The summed E-state index contributed by atoms with van der Waals surface area (Å²) in [4.78, 5) is 13.9. The average Bonchev–Trinajstić information content (AvgIpc) is 2.85. The Bertz CT molecular complexity index is 1300. The van der Waals surface area contributed by atoms with Crippen molar-refractivity contribution in [1.29, 1.82) is 0 Å². The second-order valence-electron chi connectivity index (χ2n) is 8.12. The fourth-order valence-electron chi connectivity index (χ4n) is 3.70. The highest BCUT2D eigenvalue weighted by Crippen LogP contribution is 2.33. The van der Waals surface area contributed by atoms with Gasteiger partial charge in [-0.1, -0.05) is 120 Å². The third kappa shape index (κ3) is 5.19. The molecule has 0 aliphatic heterocycles. The second kappa shape index (κ2) is 9.97. The molecule has 0 saturated heterocycles. The van der Waals surface area contributed by atoms with E-state index in [1.807, 2.05) is 129 Å². The first-order chi connectivity index (χ1) is 16.0. The lowest BCUT2D eigenvalue weighted by Gasteiger charge is -2.16. The zero-order chi connectivity index (χ0) is 23.2. The fraction of sp³-hybridized carbons (Fsp3) is 0.0645. The van der Waals surface area contributed by atoms with Gasteiger partial charge in [0.15, 0.2) is 5.78 Å². The van der Waals surface area contributed by atoms with Crippen LogP contribution in [0.4, 0.5) is 0 Å². The summed E-state index contributed by atoms with van der Waals surface area (Å²) >= 11 is 0. The molecule has 4 aromatic carbocycles. The van der Waals surface area contributed by atoms with Gasteiger partial charge >= 0.3 is 0 Å². The zero-order valence-corrected chi connectivity index (χ0v) is 18.8. The fourth-order valence-corrected chi connectivity index (χ4v) is 3.70. The van der Waals surface area contributed by atoms with Gasteiger partial charge in [0.2, 0.25) is 0 Å². The highest BCUT2D eigenvalue weighted by atomic mass is 16.3. The van der Waals surface area contributed by atoms with Crippen molar-refractivity contribution in [3.63, 3.8) is 0 Å². The topological polar surface area (TPSA) is 37.3 Å². The van der Waals surface area contributed by atoms with Crippen LogP contribution in [0.15, 0.2) is 115 Å². The molecule has 162 valence electrons. The van der Waals surface area contributed by atoms with E-state index in [-0.39, 0.29) is 17.1 Å². The molecule has 33 heavy (non-hydrogen) atoms. The van der Waals surface area contributed by atoms with Gasteiger partial charge in [-0.25, -0.2) is 0 Å². The molecule has 4 aromatic rings. The molecule has 0 unspecified atom stereocenters. The first-order valence-corrected chi connectivity index (χ1v) is 11.0. The van der Waals surface area contributed by atoms with Crippen molar-refractivity contribution in [3.05, 3.63) is 148 Å². The Hall–Kier alpha value is -4.17. The maximum atomic E-state index is 13.9. The molecule has 2 nitrogen and oxygen atoms in total. The minimum Gasteiger partial charge on any atom is -0.507 e. The van der Waals surface area contributed by atoms with Crippen LogP contribution in [-0.2, 0) is 0 Å². The molecule has 0 bridgehead atoms. The standard InChI is InChI=1S/C31H26O2/c1-22-13-17-26(18-14-22)30(32)29(31(33)27-19-15-23(2)16-20-27)28(25-11-7-4-8-12-25)21-24-9-5-3-6-10-24/h3-21,32H,1-2H3/b28-21-,30-29-.